The predicted molar refractivity (Wildman–Crippen MR) is 66.4 cm³/mol. The van der Waals surface area contributed by atoms with Gasteiger partial charge in [-0.3, -0.25) is 0 Å². The molecule has 0 heterocycles. The van der Waals surface area contributed by atoms with Gasteiger partial charge in [-0.2, -0.15) is 0 Å². The monoisotopic (exact) mass is 212 g/mol. The number of benzene rings is 2. The van der Waals surface area contributed by atoms with Crippen LogP contribution >= 0.6 is 0 Å². The van der Waals surface area contributed by atoms with Gasteiger partial charge in [0.1, 0.15) is 6.10 Å². The molecule has 0 saturated carbocycles. The third-order valence-electron chi connectivity index (χ3n) is 2.68. The van der Waals surface area contributed by atoms with E-state index in [0.29, 0.717) is 0 Å². The first-order valence-corrected chi connectivity index (χ1v) is 5.48. The maximum Gasteiger partial charge on any atom is 0.104 e. The van der Waals surface area contributed by atoms with Gasteiger partial charge in [0.15, 0.2) is 0 Å². The van der Waals surface area contributed by atoms with Crippen LogP contribution in [-0.4, -0.2) is 5.11 Å². The van der Waals surface area contributed by atoms with Crippen LogP contribution in [0.5, 0.6) is 0 Å². The minimum atomic E-state index is -0.528. The van der Waals surface area contributed by atoms with Crippen molar-refractivity contribution in [3.63, 3.8) is 0 Å². The van der Waals surface area contributed by atoms with Crippen LogP contribution in [0, 0.1) is 13.8 Å². The molecule has 0 radical (unpaired) electrons. The fourth-order valence-electron chi connectivity index (χ4n) is 2.00. The highest BCUT2D eigenvalue weighted by atomic mass is 16.3. The summed E-state index contributed by atoms with van der Waals surface area (Å²) in [7, 11) is 0. The Kier molecular flexibility index (Phi) is 3.07. The van der Waals surface area contributed by atoms with E-state index in [1.165, 1.54) is 11.1 Å². The van der Waals surface area contributed by atoms with E-state index < -0.39 is 6.10 Å². The molecule has 0 aliphatic carbocycles. The third kappa shape index (κ3) is 2.31. The second-order valence-electron chi connectivity index (χ2n) is 4.23. The van der Waals surface area contributed by atoms with E-state index in [9.17, 15) is 5.11 Å². The van der Waals surface area contributed by atoms with Crippen molar-refractivity contribution in [2.24, 2.45) is 0 Å². The van der Waals surface area contributed by atoms with Gasteiger partial charge < -0.3 is 5.11 Å². The van der Waals surface area contributed by atoms with Gasteiger partial charge in [-0.1, -0.05) is 59.7 Å². The summed E-state index contributed by atoms with van der Waals surface area (Å²) in [5.74, 6) is 0. The smallest absolute Gasteiger partial charge is 0.104 e. The van der Waals surface area contributed by atoms with Gasteiger partial charge in [0.05, 0.1) is 0 Å². The van der Waals surface area contributed by atoms with Crippen LogP contribution in [0.4, 0.5) is 0 Å². The molecule has 1 atom stereocenters. The normalized spacial score (nSPS) is 12.4. The van der Waals surface area contributed by atoms with Gasteiger partial charge in [0.2, 0.25) is 0 Å². The first-order valence-electron chi connectivity index (χ1n) is 5.48. The van der Waals surface area contributed by atoms with Crippen LogP contribution in [0.25, 0.3) is 0 Å². The molecule has 2 aromatic carbocycles. The average Bonchev–Trinajstić information content (AvgIpc) is 2.28. The minimum Gasteiger partial charge on any atom is -0.384 e. The van der Waals surface area contributed by atoms with Crippen molar-refractivity contribution in [1.82, 2.24) is 0 Å². The van der Waals surface area contributed by atoms with E-state index in [-0.39, 0.29) is 0 Å². The van der Waals surface area contributed by atoms with Gasteiger partial charge in [-0.05, 0) is 25.0 Å². The number of rotatable bonds is 2. The second-order valence-corrected chi connectivity index (χ2v) is 4.23. The summed E-state index contributed by atoms with van der Waals surface area (Å²) in [5, 5.41) is 10.2. The maximum atomic E-state index is 10.2. The molecule has 0 fully saturated rings. The number of aryl methyl sites for hydroxylation is 2. The zero-order chi connectivity index (χ0) is 11.5. The highest BCUT2D eigenvalue weighted by Crippen LogP contribution is 2.23. The molecule has 0 amide bonds. The van der Waals surface area contributed by atoms with E-state index in [4.69, 9.17) is 0 Å². The molecule has 0 bridgehead atoms. The van der Waals surface area contributed by atoms with Crippen LogP contribution in [0.15, 0.2) is 48.5 Å². The summed E-state index contributed by atoms with van der Waals surface area (Å²) in [6, 6.07) is 15.9. The molecule has 1 nitrogen and oxygen atoms in total. The number of aliphatic hydroxyl groups is 1. The Bertz CT molecular complexity index is 454. The first-order chi connectivity index (χ1) is 7.66. The van der Waals surface area contributed by atoms with Crippen LogP contribution in [0.3, 0.4) is 0 Å². The molecule has 0 aliphatic heterocycles. The van der Waals surface area contributed by atoms with Crippen molar-refractivity contribution in [2.75, 3.05) is 0 Å². The van der Waals surface area contributed by atoms with E-state index in [0.717, 1.165) is 11.1 Å². The summed E-state index contributed by atoms with van der Waals surface area (Å²) < 4.78 is 0. The molecule has 0 saturated heterocycles. The van der Waals surface area contributed by atoms with Crippen molar-refractivity contribution >= 4 is 0 Å². The van der Waals surface area contributed by atoms with E-state index in [2.05, 4.69) is 6.07 Å². The fraction of sp³-hybridized carbons (Fsp3) is 0.200. The first kappa shape index (κ1) is 10.9. The third-order valence-corrected chi connectivity index (χ3v) is 2.68. The molecule has 0 spiro atoms. The molecular weight excluding hydrogens is 196 g/mol. The second kappa shape index (κ2) is 4.50. The Morgan fingerprint density at radius 1 is 0.812 bits per heavy atom. The van der Waals surface area contributed by atoms with Crippen molar-refractivity contribution in [3.8, 4) is 0 Å². The van der Waals surface area contributed by atoms with Gasteiger partial charge in [-0.15, -0.1) is 0 Å². The number of hydrogen-bond acceptors (Lipinski definition) is 1. The molecule has 2 aromatic rings. The lowest BCUT2D eigenvalue weighted by atomic mass is 9.98. The SMILES string of the molecule is Cc1cc(C)cc([C@@H](O)c2ccccc2)c1. The highest BCUT2D eigenvalue weighted by Gasteiger charge is 2.10. The van der Waals surface area contributed by atoms with E-state index >= 15 is 0 Å². The van der Waals surface area contributed by atoms with Crippen molar-refractivity contribution in [1.29, 1.82) is 0 Å². The topological polar surface area (TPSA) is 20.2 Å². The standard InChI is InChI=1S/C15H16O/c1-11-8-12(2)10-14(9-11)15(16)13-6-4-3-5-7-13/h3-10,15-16H,1-2H3/t15-/m0/s1. The molecule has 82 valence electrons. The number of aliphatic hydroxyl groups excluding tert-OH is 1. The Labute approximate surface area is 96.4 Å². The van der Waals surface area contributed by atoms with Gasteiger partial charge >= 0.3 is 0 Å². The van der Waals surface area contributed by atoms with Crippen LogP contribution in [0.1, 0.15) is 28.4 Å². The summed E-state index contributed by atoms with van der Waals surface area (Å²) in [4.78, 5) is 0. The molecular formula is C15H16O. The Hall–Kier alpha value is -1.60. The Balaban J connectivity index is 2.37. The number of hydrogen-bond donors (Lipinski definition) is 1. The zero-order valence-electron chi connectivity index (χ0n) is 9.64. The van der Waals surface area contributed by atoms with Gasteiger partial charge in [0, 0.05) is 0 Å². The minimum absolute atomic E-state index is 0.528. The van der Waals surface area contributed by atoms with E-state index in [1.807, 2.05) is 56.3 Å². The van der Waals surface area contributed by atoms with Crippen LogP contribution in [-0.2, 0) is 0 Å². The zero-order valence-corrected chi connectivity index (χ0v) is 9.64. The molecule has 0 aliphatic rings. The lowest BCUT2D eigenvalue weighted by molar-refractivity contribution is 0.220. The fourth-order valence-corrected chi connectivity index (χ4v) is 2.00. The van der Waals surface area contributed by atoms with Crippen molar-refractivity contribution < 1.29 is 5.11 Å². The van der Waals surface area contributed by atoms with Crippen LogP contribution < -0.4 is 0 Å². The highest BCUT2D eigenvalue weighted by molar-refractivity contribution is 5.35. The summed E-state index contributed by atoms with van der Waals surface area (Å²) >= 11 is 0. The summed E-state index contributed by atoms with van der Waals surface area (Å²) in [6.45, 7) is 4.10. The van der Waals surface area contributed by atoms with E-state index in [1.54, 1.807) is 0 Å². The van der Waals surface area contributed by atoms with Gasteiger partial charge in [-0.25, -0.2) is 0 Å². The van der Waals surface area contributed by atoms with Crippen molar-refractivity contribution in [2.45, 2.75) is 20.0 Å². The quantitative estimate of drug-likeness (QED) is 0.809. The maximum absolute atomic E-state index is 10.2. The summed E-state index contributed by atoms with van der Waals surface area (Å²) in [6.07, 6.45) is -0.528. The Morgan fingerprint density at radius 3 is 1.94 bits per heavy atom. The molecule has 16 heavy (non-hydrogen) atoms. The van der Waals surface area contributed by atoms with Crippen molar-refractivity contribution in [3.05, 3.63) is 70.8 Å². The van der Waals surface area contributed by atoms with Crippen LogP contribution in [0.2, 0.25) is 0 Å². The molecule has 1 N–H and O–H groups in total. The molecule has 0 unspecified atom stereocenters. The molecule has 0 aromatic heterocycles. The molecule has 2 rings (SSSR count). The van der Waals surface area contributed by atoms with Gasteiger partial charge in [0.25, 0.3) is 0 Å². The largest absolute Gasteiger partial charge is 0.384 e. The average molecular weight is 212 g/mol. The lowest BCUT2D eigenvalue weighted by Gasteiger charge is -2.13. The predicted octanol–water partition coefficient (Wildman–Crippen LogP) is 3.39. The molecule has 1 heteroatoms. The Morgan fingerprint density at radius 2 is 1.38 bits per heavy atom. The lowest BCUT2D eigenvalue weighted by Crippen LogP contribution is -2.00. The summed E-state index contributed by atoms with van der Waals surface area (Å²) in [5.41, 5.74) is 4.27.